The normalized spacial score (nSPS) is 18.2. The topological polar surface area (TPSA) is 62.6 Å². The van der Waals surface area contributed by atoms with Crippen molar-refractivity contribution in [3.63, 3.8) is 0 Å². The molecule has 2 rings (SSSR count). The molecule has 1 aromatic heterocycles. The summed E-state index contributed by atoms with van der Waals surface area (Å²) in [5, 5.41) is 2.97. The predicted molar refractivity (Wildman–Crippen MR) is 82.6 cm³/mol. The molecule has 0 atom stereocenters. The van der Waals surface area contributed by atoms with Gasteiger partial charge in [-0.15, -0.1) is 0 Å². The fourth-order valence-electron chi connectivity index (χ4n) is 3.03. The van der Waals surface area contributed by atoms with Crippen LogP contribution in [-0.4, -0.2) is 32.9 Å². The van der Waals surface area contributed by atoms with Crippen LogP contribution < -0.4 is 5.32 Å². The van der Waals surface area contributed by atoms with Crippen LogP contribution in [-0.2, 0) is 16.6 Å². The molecule has 1 aromatic rings. The molecule has 0 saturated carbocycles. The smallest absolute Gasteiger partial charge is 0.246 e. The van der Waals surface area contributed by atoms with Gasteiger partial charge in [0.1, 0.15) is 16.4 Å². The van der Waals surface area contributed by atoms with E-state index in [2.05, 4.69) is 12.2 Å². The maximum absolute atomic E-state index is 12.7. The van der Waals surface area contributed by atoms with Gasteiger partial charge in [-0.3, -0.25) is 0 Å². The average Bonchev–Trinajstić information content (AvgIpc) is 2.82. The second-order valence-electron chi connectivity index (χ2n) is 5.80. The minimum Gasteiger partial charge on any atom is -0.464 e. The summed E-state index contributed by atoms with van der Waals surface area (Å²) in [6.45, 7) is 5.68. The first kappa shape index (κ1) is 16.5. The predicted octanol–water partition coefficient (Wildman–Crippen LogP) is 2.51. The fourth-order valence-corrected chi connectivity index (χ4v) is 4.68. The highest BCUT2D eigenvalue weighted by Crippen LogP contribution is 2.29. The molecule has 21 heavy (non-hydrogen) atoms. The number of rotatable bonds is 6. The molecule has 0 aliphatic carbocycles. The lowest BCUT2D eigenvalue weighted by atomic mass is 9.94. The molecule has 5 nitrogen and oxygen atoms in total. The van der Waals surface area contributed by atoms with Crippen LogP contribution in [0.2, 0.25) is 0 Å². The molecule has 1 fully saturated rings. The molecule has 1 N–H and O–H groups in total. The van der Waals surface area contributed by atoms with Gasteiger partial charge >= 0.3 is 0 Å². The summed E-state index contributed by atoms with van der Waals surface area (Å²) in [6, 6.07) is 1.65. The summed E-state index contributed by atoms with van der Waals surface area (Å²) in [6.07, 6.45) is 4.30. The maximum Gasteiger partial charge on any atom is 0.246 e. The van der Waals surface area contributed by atoms with Gasteiger partial charge in [0.25, 0.3) is 0 Å². The van der Waals surface area contributed by atoms with E-state index in [1.807, 2.05) is 7.05 Å². The van der Waals surface area contributed by atoms with Crippen molar-refractivity contribution in [1.82, 2.24) is 9.62 Å². The molecule has 1 aliphatic rings. The van der Waals surface area contributed by atoms with Crippen molar-refractivity contribution >= 4 is 10.0 Å². The van der Waals surface area contributed by atoms with E-state index in [1.165, 1.54) is 12.8 Å². The highest BCUT2D eigenvalue weighted by atomic mass is 32.2. The number of aryl methyl sites for hydroxylation is 1. The third-order valence-corrected chi connectivity index (χ3v) is 6.17. The molecule has 0 aromatic carbocycles. The van der Waals surface area contributed by atoms with Crippen molar-refractivity contribution in [3.8, 4) is 0 Å². The summed E-state index contributed by atoms with van der Waals surface area (Å²) < 4.78 is 32.6. The average molecular weight is 314 g/mol. The summed E-state index contributed by atoms with van der Waals surface area (Å²) >= 11 is 0. The van der Waals surface area contributed by atoms with E-state index in [1.54, 1.807) is 17.3 Å². The summed E-state index contributed by atoms with van der Waals surface area (Å²) in [5.74, 6) is 1.82. The van der Waals surface area contributed by atoms with E-state index in [9.17, 15) is 8.42 Å². The summed E-state index contributed by atoms with van der Waals surface area (Å²) in [7, 11) is -1.61. The molecule has 2 heterocycles. The molecule has 120 valence electrons. The van der Waals surface area contributed by atoms with E-state index in [4.69, 9.17) is 4.42 Å². The van der Waals surface area contributed by atoms with Crippen molar-refractivity contribution in [3.05, 3.63) is 17.6 Å². The Morgan fingerprint density at radius 2 is 2.05 bits per heavy atom. The van der Waals surface area contributed by atoms with Gasteiger partial charge < -0.3 is 9.73 Å². The first-order chi connectivity index (χ1) is 9.98. The van der Waals surface area contributed by atoms with Gasteiger partial charge in [0, 0.05) is 19.2 Å². The summed E-state index contributed by atoms with van der Waals surface area (Å²) in [5.41, 5.74) is 0. The first-order valence-corrected chi connectivity index (χ1v) is 9.17. The third kappa shape index (κ3) is 3.67. The second-order valence-corrected chi connectivity index (χ2v) is 7.71. The Bertz CT molecular complexity index is 557. The van der Waals surface area contributed by atoms with Crippen molar-refractivity contribution in [2.24, 2.45) is 5.92 Å². The Labute approximate surface area is 127 Å². The lowest BCUT2D eigenvalue weighted by Gasteiger charge is -2.30. The van der Waals surface area contributed by atoms with E-state index >= 15 is 0 Å². The van der Waals surface area contributed by atoms with Crippen LogP contribution in [0, 0.1) is 12.8 Å². The molecule has 6 heteroatoms. The zero-order chi connectivity index (χ0) is 15.5. The van der Waals surface area contributed by atoms with Crippen LogP contribution in [0.3, 0.4) is 0 Å². The van der Waals surface area contributed by atoms with Crippen molar-refractivity contribution in [2.75, 3.05) is 20.1 Å². The molecule has 0 bridgehead atoms. The van der Waals surface area contributed by atoms with Gasteiger partial charge in [0.05, 0.1) is 6.54 Å². The van der Waals surface area contributed by atoms with Crippen LogP contribution in [0.1, 0.15) is 44.1 Å². The quantitative estimate of drug-likeness (QED) is 0.876. The van der Waals surface area contributed by atoms with Gasteiger partial charge in [-0.05, 0) is 32.7 Å². The van der Waals surface area contributed by atoms with E-state index in [0.717, 1.165) is 12.8 Å². The SMILES string of the molecule is CCCC1CCN(S(=O)(=O)c2cc(CNC)oc2C)CC1. The summed E-state index contributed by atoms with van der Waals surface area (Å²) in [4.78, 5) is 0.321. The van der Waals surface area contributed by atoms with Crippen molar-refractivity contribution < 1.29 is 12.8 Å². The zero-order valence-corrected chi connectivity index (χ0v) is 14.0. The number of sulfonamides is 1. The van der Waals surface area contributed by atoms with Gasteiger partial charge in [0.15, 0.2) is 0 Å². The molecule has 0 unspecified atom stereocenters. The molecule has 0 radical (unpaired) electrons. The van der Waals surface area contributed by atoms with Crippen LogP contribution >= 0.6 is 0 Å². The Balaban J connectivity index is 2.12. The van der Waals surface area contributed by atoms with Gasteiger partial charge in [-0.2, -0.15) is 4.31 Å². The standard InChI is InChI=1S/C15H26N2O3S/c1-4-5-13-6-8-17(9-7-13)21(18,19)15-10-14(11-16-3)20-12(15)2/h10,13,16H,4-9,11H2,1-3H3. The van der Waals surface area contributed by atoms with E-state index in [0.29, 0.717) is 42.0 Å². The Kier molecular flexibility index (Phi) is 5.46. The molecule has 1 saturated heterocycles. The van der Waals surface area contributed by atoms with Crippen molar-refractivity contribution in [1.29, 1.82) is 0 Å². The number of hydrogen-bond donors (Lipinski definition) is 1. The first-order valence-electron chi connectivity index (χ1n) is 7.73. The number of nitrogens with zero attached hydrogens (tertiary/aromatic N) is 1. The highest BCUT2D eigenvalue weighted by Gasteiger charge is 2.31. The molecule has 0 spiro atoms. The largest absolute Gasteiger partial charge is 0.464 e. The molecular formula is C15H26N2O3S. The molecular weight excluding hydrogens is 288 g/mol. The Morgan fingerprint density at radius 1 is 1.38 bits per heavy atom. The van der Waals surface area contributed by atoms with Crippen LogP contribution in [0.25, 0.3) is 0 Å². The Hall–Kier alpha value is -0.850. The maximum atomic E-state index is 12.7. The van der Waals surface area contributed by atoms with Gasteiger partial charge in [-0.1, -0.05) is 19.8 Å². The monoisotopic (exact) mass is 314 g/mol. The van der Waals surface area contributed by atoms with Crippen LogP contribution in [0.5, 0.6) is 0 Å². The van der Waals surface area contributed by atoms with Crippen molar-refractivity contribution in [2.45, 2.75) is 51.0 Å². The lowest BCUT2D eigenvalue weighted by Crippen LogP contribution is -2.38. The van der Waals surface area contributed by atoms with E-state index in [-0.39, 0.29) is 0 Å². The fraction of sp³-hybridized carbons (Fsp3) is 0.733. The van der Waals surface area contributed by atoms with Crippen LogP contribution in [0.15, 0.2) is 15.4 Å². The number of hydrogen-bond acceptors (Lipinski definition) is 4. The number of piperidine rings is 1. The van der Waals surface area contributed by atoms with Gasteiger partial charge in [-0.25, -0.2) is 8.42 Å². The Morgan fingerprint density at radius 3 is 2.62 bits per heavy atom. The number of nitrogens with one attached hydrogen (secondary N) is 1. The lowest BCUT2D eigenvalue weighted by molar-refractivity contribution is 0.262. The zero-order valence-electron chi connectivity index (χ0n) is 13.2. The van der Waals surface area contributed by atoms with Gasteiger partial charge in [0.2, 0.25) is 10.0 Å². The molecule has 1 aliphatic heterocycles. The minimum absolute atomic E-state index is 0.321. The van der Waals surface area contributed by atoms with Crippen LogP contribution in [0.4, 0.5) is 0 Å². The second kappa shape index (κ2) is 6.94. The van der Waals surface area contributed by atoms with E-state index < -0.39 is 10.0 Å². The molecule has 0 amide bonds. The minimum atomic E-state index is -3.42. The third-order valence-electron chi connectivity index (χ3n) is 4.16. The number of furan rings is 1. The highest BCUT2D eigenvalue weighted by molar-refractivity contribution is 7.89.